The topological polar surface area (TPSA) is 69.6 Å². The average molecular weight is 413 g/mol. The Balaban J connectivity index is 1.89. The summed E-state index contributed by atoms with van der Waals surface area (Å²) in [4.78, 5) is 25.6. The zero-order valence-corrected chi connectivity index (χ0v) is 17.1. The summed E-state index contributed by atoms with van der Waals surface area (Å²) in [5.41, 5.74) is 1.87. The molecule has 1 heterocycles. The fraction of sp³-hybridized carbons (Fsp3) is 0.182. The molecular formula is C22H21ClN2O4. The van der Waals surface area contributed by atoms with Crippen LogP contribution in [0.1, 0.15) is 21.5 Å². The standard InChI is InChI=1S/C22H21ClN2O4/c1-14-6-7-16(23)11-20(14)24-21(26)19-5-4-8-25(22(19)27)13-15-9-17(28-2)12-18(10-15)29-3/h4-12H,13H2,1-3H3,(H,24,26). The van der Waals surface area contributed by atoms with Crippen molar-refractivity contribution in [3.63, 3.8) is 0 Å². The van der Waals surface area contributed by atoms with Gasteiger partial charge in [-0.3, -0.25) is 9.59 Å². The number of amides is 1. The maximum atomic E-state index is 12.9. The summed E-state index contributed by atoms with van der Waals surface area (Å²) in [7, 11) is 3.13. The van der Waals surface area contributed by atoms with Gasteiger partial charge in [-0.2, -0.15) is 0 Å². The first-order chi connectivity index (χ1) is 13.9. The molecule has 0 unspecified atom stereocenters. The number of carbonyl (C=O) groups is 1. The molecule has 29 heavy (non-hydrogen) atoms. The van der Waals surface area contributed by atoms with Crippen LogP contribution in [0.4, 0.5) is 5.69 Å². The van der Waals surface area contributed by atoms with Gasteiger partial charge in [0.15, 0.2) is 0 Å². The Labute approximate surface area is 173 Å². The Kier molecular flexibility index (Phi) is 6.24. The first-order valence-corrected chi connectivity index (χ1v) is 9.28. The van der Waals surface area contributed by atoms with E-state index >= 15 is 0 Å². The number of pyridine rings is 1. The van der Waals surface area contributed by atoms with E-state index in [2.05, 4.69) is 5.32 Å². The van der Waals surface area contributed by atoms with Crippen LogP contribution in [-0.2, 0) is 6.54 Å². The van der Waals surface area contributed by atoms with Crippen molar-refractivity contribution in [3.8, 4) is 11.5 Å². The monoisotopic (exact) mass is 412 g/mol. The molecule has 1 N–H and O–H groups in total. The van der Waals surface area contributed by atoms with Crippen molar-refractivity contribution in [2.75, 3.05) is 19.5 Å². The highest BCUT2D eigenvalue weighted by molar-refractivity contribution is 6.31. The number of hydrogen-bond acceptors (Lipinski definition) is 4. The van der Waals surface area contributed by atoms with Gasteiger partial charge in [0.05, 0.1) is 20.8 Å². The van der Waals surface area contributed by atoms with Crippen LogP contribution in [0.15, 0.2) is 59.5 Å². The van der Waals surface area contributed by atoms with Gasteiger partial charge in [0.1, 0.15) is 17.1 Å². The van der Waals surface area contributed by atoms with E-state index in [1.54, 1.807) is 50.7 Å². The maximum absolute atomic E-state index is 12.9. The van der Waals surface area contributed by atoms with E-state index in [9.17, 15) is 9.59 Å². The van der Waals surface area contributed by atoms with Crippen molar-refractivity contribution >= 4 is 23.2 Å². The molecule has 3 aromatic rings. The molecule has 0 aliphatic carbocycles. The number of methoxy groups -OCH3 is 2. The molecule has 0 fully saturated rings. The maximum Gasteiger partial charge on any atom is 0.263 e. The zero-order valence-electron chi connectivity index (χ0n) is 16.4. The highest BCUT2D eigenvalue weighted by atomic mass is 35.5. The van der Waals surface area contributed by atoms with Gasteiger partial charge in [-0.05, 0) is 54.4 Å². The molecular weight excluding hydrogens is 392 g/mol. The van der Waals surface area contributed by atoms with E-state index in [4.69, 9.17) is 21.1 Å². The minimum absolute atomic E-state index is 0.0433. The van der Waals surface area contributed by atoms with Gasteiger partial charge >= 0.3 is 0 Å². The number of benzene rings is 2. The second-order valence-electron chi connectivity index (χ2n) is 6.49. The highest BCUT2D eigenvalue weighted by Crippen LogP contribution is 2.23. The summed E-state index contributed by atoms with van der Waals surface area (Å²) >= 11 is 6.00. The van der Waals surface area contributed by atoms with Crippen molar-refractivity contribution in [1.29, 1.82) is 0 Å². The van der Waals surface area contributed by atoms with Crippen LogP contribution < -0.4 is 20.3 Å². The average Bonchev–Trinajstić information content (AvgIpc) is 2.71. The number of hydrogen-bond donors (Lipinski definition) is 1. The van der Waals surface area contributed by atoms with E-state index in [0.29, 0.717) is 22.2 Å². The Bertz CT molecular complexity index is 1090. The molecule has 0 radical (unpaired) electrons. The lowest BCUT2D eigenvalue weighted by Gasteiger charge is -2.12. The van der Waals surface area contributed by atoms with Crippen LogP contribution in [0.2, 0.25) is 5.02 Å². The van der Waals surface area contributed by atoms with Gasteiger partial charge in [0, 0.05) is 23.0 Å². The summed E-state index contributed by atoms with van der Waals surface area (Å²) in [5.74, 6) is 0.758. The summed E-state index contributed by atoms with van der Waals surface area (Å²) in [6.07, 6.45) is 1.63. The minimum Gasteiger partial charge on any atom is -0.497 e. The summed E-state index contributed by atoms with van der Waals surface area (Å²) < 4.78 is 12.0. The third-order valence-electron chi connectivity index (χ3n) is 4.48. The Morgan fingerprint density at radius 3 is 2.41 bits per heavy atom. The van der Waals surface area contributed by atoms with Crippen molar-refractivity contribution < 1.29 is 14.3 Å². The molecule has 0 atom stereocenters. The number of aryl methyl sites for hydroxylation is 1. The largest absolute Gasteiger partial charge is 0.497 e. The lowest BCUT2D eigenvalue weighted by atomic mass is 10.1. The third kappa shape index (κ3) is 4.78. The molecule has 0 bridgehead atoms. The lowest BCUT2D eigenvalue weighted by molar-refractivity contribution is 0.102. The third-order valence-corrected chi connectivity index (χ3v) is 4.71. The van der Waals surface area contributed by atoms with Crippen molar-refractivity contribution in [3.05, 3.63) is 86.8 Å². The number of aromatic nitrogens is 1. The zero-order chi connectivity index (χ0) is 21.0. The second kappa shape index (κ2) is 8.84. The van der Waals surface area contributed by atoms with Gasteiger partial charge in [-0.15, -0.1) is 0 Å². The van der Waals surface area contributed by atoms with Crippen LogP contribution in [0.3, 0.4) is 0 Å². The van der Waals surface area contributed by atoms with Crippen molar-refractivity contribution in [2.45, 2.75) is 13.5 Å². The Morgan fingerprint density at radius 2 is 1.76 bits per heavy atom. The van der Waals surface area contributed by atoms with Crippen molar-refractivity contribution in [2.24, 2.45) is 0 Å². The molecule has 0 aliphatic heterocycles. The van der Waals surface area contributed by atoms with Crippen LogP contribution in [-0.4, -0.2) is 24.7 Å². The molecule has 1 aromatic heterocycles. The molecule has 2 aromatic carbocycles. The van der Waals surface area contributed by atoms with Crippen LogP contribution >= 0.6 is 11.6 Å². The molecule has 0 saturated heterocycles. The smallest absolute Gasteiger partial charge is 0.263 e. The molecule has 1 amide bonds. The Hall–Kier alpha value is -3.25. The molecule has 3 rings (SSSR count). The number of nitrogens with one attached hydrogen (secondary N) is 1. The summed E-state index contributed by atoms with van der Waals surface area (Å²) in [6, 6.07) is 13.7. The normalized spacial score (nSPS) is 10.5. The predicted octanol–water partition coefficient (Wildman–Crippen LogP) is 4.13. The molecule has 0 saturated carbocycles. The van der Waals surface area contributed by atoms with Gasteiger partial charge in [0.2, 0.25) is 0 Å². The number of carbonyl (C=O) groups excluding carboxylic acids is 1. The van der Waals surface area contributed by atoms with Gasteiger partial charge in [0.25, 0.3) is 11.5 Å². The van der Waals surface area contributed by atoms with Crippen LogP contribution in [0.25, 0.3) is 0 Å². The van der Waals surface area contributed by atoms with E-state index < -0.39 is 11.5 Å². The minimum atomic E-state index is -0.488. The molecule has 6 nitrogen and oxygen atoms in total. The molecule has 7 heteroatoms. The quantitative estimate of drug-likeness (QED) is 0.661. The highest BCUT2D eigenvalue weighted by Gasteiger charge is 2.14. The summed E-state index contributed by atoms with van der Waals surface area (Å²) in [5, 5.41) is 3.26. The number of ether oxygens (including phenoxy) is 2. The lowest BCUT2D eigenvalue weighted by Crippen LogP contribution is -2.29. The molecule has 0 spiro atoms. The van der Waals surface area contributed by atoms with E-state index in [-0.39, 0.29) is 12.1 Å². The fourth-order valence-corrected chi connectivity index (χ4v) is 3.08. The predicted molar refractivity (Wildman–Crippen MR) is 113 cm³/mol. The fourth-order valence-electron chi connectivity index (χ4n) is 2.91. The first kappa shape index (κ1) is 20.5. The first-order valence-electron chi connectivity index (χ1n) is 8.90. The van der Waals surface area contributed by atoms with E-state index in [1.165, 1.54) is 10.6 Å². The SMILES string of the molecule is COc1cc(Cn2cccc(C(=O)Nc3cc(Cl)ccc3C)c2=O)cc(OC)c1. The van der Waals surface area contributed by atoms with E-state index in [0.717, 1.165) is 11.1 Å². The van der Waals surface area contributed by atoms with Crippen LogP contribution in [0.5, 0.6) is 11.5 Å². The number of halogens is 1. The van der Waals surface area contributed by atoms with Gasteiger partial charge < -0.3 is 19.4 Å². The van der Waals surface area contributed by atoms with Gasteiger partial charge in [-0.25, -0.2) is 0 Å². The second-order valence-corrected chi connectivity index (χ2v) is 6.93. The van der Waals surface area contributed by atoms with Gasteiger partial charge in [-0.1, -0.05) is 17.7 Å². The van der Waals surface area contributed by atoms with Crippen molar-refractivity contribution in [1.82, 2.24) is 4.57 Å². The summed E-state index contributed by atoms with van der Waals surface area (Å²) in [6.45, 7) is 2.12. The molecule has 150 valence electrons. The number of anilines is 1. The molecule has 0 aliphatic rings. The number of nitrogens with zero attached hydrogens (tertiary/aromatic N) is 1. The van der Waals surface area contributed by atoms with E-state index in [1.807, 2.05) is 19.1 Å². The Morgan fingerprint density at radius 1 is 1.07 bits per heavy atom. The number of rotatable bonds is 6. The van der Waals surface area contributed by atoms with Crippen LogP contribution in [0, 0.1) is 6.92 Å².